The van der Waals surface area contributed by atoms with Gasteiger partial charge in [-0.2, -0.15) is 0 Å². The number of nitrogens with zero attached hydrogens (tertiary/aromatic N) is 1. The summed E-state index contributed by atoms with van der Waals surface area (Å²) in [5.74, 6) is 0. The van der Waals surface area contributed by atoms with Gasteiger partial charge < -0.3 is 15.3 Å². The van der Waals surface area contributed by atoms with E-state index in [2.05, 4.69) is 48.5 Å². The summed E-state index contributed by atoms with van der Waals surface area (Å²) < 4.78 is 0. The first-order valence-electron chi connectivity index (χ1n) is 7.25. The Morgan fingerprint density at radius 3 is 2.24 bits per heavy atom. The molecule has 0 aliphatic carbocycles. The zero-order valence-electron chi connectivity index (χ0n) is 13.0. The number of hydrogen-bond acceptors (Lipinski definition) is 3. The Morgan fingerprint density at radius 1 is 1.05 bits per heavy atom. The molecule has 2 N–H and O–H groups in total. The van der Waals surface area contributed by atoms with Crippen molar-refractivity contribution >= 4 is 5.69 Å². The lowest BCUT2D eigenvalue weighted by Gasteiger charge is -2.37. The number of benzene rings is 2. The molecule has 2 rings (SSSR count). The first kappa shape index (κ1) is 15.5. The number of anilines is 1. The number of likely N-dealkylation sites (N-methyl/N-ethyl adjacent to an activating group) is 2. The predicted molar refractivity (Wildman–Crippen MR) is 88.7 cm³/mol. The summed E-state index contributed by atoms with van der Waals surface area (Å²) >= 11 is 0. The molecule has 0 amide bonds. The third-order valence-corrected chi connectivity index (χ3v) is 4.11. The van der Waals surface area contributed by atoms with Crippen LogP contribution >= 0.6 is 0 Å². The van der Waals surface area contributed by atoms with E-state index in [1.807, 2.05) is 37.4 Å². The minimum atomic E-state index is -0.474. The van der Waals surface area contributed by atoms with Crippen LogP contribution in [0.4, 0.5) is 5.69 Å². The van der Waals surface area contributed by atoms with Crippen molar-refractivity contribution in [2.75, 3.05) is 32.1 Å². The van der Waals surface area contributed by atoms with E-state index >= 15 is 0 Å². The van der Waals surface area contributed by atoms with Crippen LogP contribution in [-0.4, -0.2) is 32.4 Å². The Morgan fingerprint density at radius 2 is 1.67 bits per heavy atom. The van der Waals surface area contributed by atoms with E-state index in [1.54, 1.807) is 0 Å². The molecular formula is C18H24N2O. The molecule has 0 heterocycles. The summed E-state index contributed by atoms with van der Waals surface area (Å²) in [5, 5.41) is 13.3. The fourth-order valence-corrected chi connectivity index (χ4v) is 2.77. The SMILES string of the molecule is CNC(CO)(CN(C)c1ccccc1C)c1ccccc1. The number of aliphatic hydroxyl groups excluding tert-OH is 1. The van der Waals surface area contributed by atoms with E-state index < -0.39 is 5.54 Å². The van der Waals surface area contributed by atoms with Gasteiger partial charge in [0.05, 0.1) is 12.1 Å². The number of rotatable bonds is 6. The second-order valence-electron chi connectivity index (χ2n) is 5.50. The van der Waals surface area contributed by atoms with Crippen molar-refractivity contribution in [1.29, 1.82) is 0 Å². The summed E-state index contributed by atoms with van der Waals surface area (Å²) in [6, 6.07) is 18.4. The summed E-state index contributed by atoms with van der Waals surface area (Å²) in [4.78, 5) is 2.19. The van der Waals surface area contributed by atoms with Crippen molar-refractivity contribution < 1.29 is 5.11 Å². The van der Waals surface area contributed by atoms with Crippen LogP contribution in [0.15, 0.2) is 54.6 Å². The predicted octanol–water partition coefficient (Wildman–Crippen LogP) is 2.54. The van der Waals surface area contributed by atoms with Gasteiger partial charge in [0.25, 0.3) is 0 Å². The summed E-state index contributed by atoms with van der Waals surface area (Å²) in [7, 11) is 3.96. The fourth-order valence-electron chi connectivity index (χ4n) is 2.77. The van der Waals surface area contributed by atoms with E-state index in [0.717, 1.165) is 5.56 Å². The molecule has 3 nitrogen and oxygen atoms in total. The van der Waals surface area contributed by atoms with Gasteiger partial charge in [0.2, 0.25) is 0 Å². The average molecular weight is 284 g/mol. The molecule has 1 unspecified atom stereocenters. The molecule has 2 aromatic rings. The summed E-state index contributed by atoms with van der Waals surface area (Å²) in [5.41, 5.74) is 3.03. The van der Waals surface area contributed by atoms with Crippen molar-refractivity contribution in [3.63, 3.8) is 0 Å². The van der Waals surface area contributed by atoms with E-state index in [-0.39, 0.29) is 6.61 Å². The Labute approximate surface area is 127 Å². The van der Waals surface area contributed by atoms with Gasteiger partial charge in [-0.1, -0.05) is 48.5 Å². The highest BCUT2D eigenvalue weighted by Crippen LogP contribution is 2.25. The molecule has 112 valence electrons. The number of para-hydroxylation sites is 1. The van der Waals surface area contributed by atoms with Gasteiger partial charge in [-0.3, -0.25) is 0 Å². The highest BCUT2D eigenvalue weighted by molar-refractivity contribution is 5.53. The molecule has 0 aliphatic rings. The molecule has 0 bridgehead atoms. The Kier molecular flexibility index (Phi) is 4.99. The second-order valence-corrected chi connectivity index (χ2v) is 5.50. The van der Waals surface area contributed by atoms with E-state index in [1.165, 1.54) is 11.3 Å². The van der Waals surface area contributed by atoms with Crippen LogP contribution in [0.3, 0.4) is 0 Å². The average Bonchev–Trinajstić information content (AvgIpc) is 2.54. The summed E-state index contributed by atoms with van der Waals surface area (Å²) in [6.07, 6.45) is 0. The maximum absolute atomic E-state index is 10.0. The standard InChI is InChI=1S/C18H24N2O/c1-15-9-7-8-12-17(15)20(3)13-18(14-21,19-2)16-10-5-4-6-11-16/h4-12,19,21H,13-14H2,1-3H3. The monoisotopic (exact) mass is 284 g/mol. The number of nitrogens with one attached hydrogen (secondary N) is 1. The molecule has 0 radical (unpaired) electrons. The molecule has 0 aromatic heterocycles. The Hall–Kier alpha value is -1.84. The van der Waals surface area contributed by atoms with E-state index in [9.17, 15) is 5.11 Å². The molecule has 2 aromatic carbocycles. The Bertz CT molecular complexity index is 564. The van der Waals surface area contributed by atoms with Crippen LogP contribution < -0.4 is 10.2 Å². The highest BCUT2D eigenvalue weighted by atomic mass is 16.3. The normalized spacial score (nSPS) is 13.7. The van der Waals surface area contributed by atoms with Crippen LogP contribution in [0.25, 0.3) is 0 Å². The van der Waals surface area contributed by atoms with Gasteiger partial charge in [0.15, 0.2) is 0 Å². The third-order valence-electron chi connectivity index (χ3n) is 4.11. The minimum absolute atomic E-state index is 0.0454. The minimum Gasteiger partial charge on any atom is -0.394 e. The van der Waals surface area contributed by atoms with Crippen LogP contribution in [0.5, 0.6) is 0 Å². The van der Waals surface area contributed by atoms with Gasteiger partial charge in [-0.25, -0.2) is 0 Å². The topological polar surface area (TPSA) is 35.5 Å². The molecular weight excluding hydrogens is 260 g/mol. The molecule has 21 heavy (non-hydrogen) atoms. The zero-order valence-corrected chi connectivity index (χ0v) is 13.0. The van der Waals surface area contributed by atoms with Crippen LogP contribution in [0.1, 0.15) is 11.1 Å². The maximum Gasteiger partial charge on any atom is 0.0844 e. The molecule has 0 aliphatic heterocycles. The van der Waals surface area contributed by atoms with Gasteiger partial charge >= 0.3 is 0 Å². The fraction of sp³-hybridized carbons (Fsp3) is 0.333. The Balaban J connectivity index is 2.31. The van der Waals surface area contributed by atoms with Crippen molar-refractivity contribution in [1.82, 2.24) is 5.32 Å². The molecule has 0 saturated heterocycles. The van der Waals surface area contributed by atoms with Crippen molar-refractivity contribution in [3.8, 4) is 0 Å². The molecule has 0 fully saturated rings. The zero-order chi connectivity index (χ0) is 15.3. The first-order valence-corrected chi connectivity index (χ1v) is 7.25. The number of hydrogen-bond donors (Lipinski definition) is 2. The quantitative estimate of drug-likeness (QED) is 0.855. The van der Waals surface area contributed by atoms with Crippen molar-refractivity contribution in [2.24, 2.45) is 0 Å². The van der Waals surface area contributed by atoms with Gasteiger partial charge in [0.1, 0.15) is 0 Å². The van der Waals surface area contributed by atoms with Gasteiger partial charge in [-0.15, -0.1) is 0 Å². The molecule has 3 heteroatoms. The van der Waals surface area contributed by atoms with Crippen molar-refractivity contribution in [2.45, 2.75) is 12.5 Å². The van der Waals surface area contributed by atoms with E-state index in [0.29, 0.717) is 6.54 Å². The second kappa shape index (κ2) is 6.74. The van der Waals surface area contributed by atoms with Gasteiger partial charge in [-0.05, 0) is 31.2 Å². The lowest BCUT2D eigenvalue weighted by Crippen LogP contribution is -2.51. The number of aryl methyl sites for hydroxylation is 1. The summed E-state index contributed by atoms with van der Waals surface area (Å²) in [6.45, 7) is 2.84. The van der Waals surface area contributed by atoms with E-state index in [4.69, 9.17) is 0 Å². The van der Waals surface area contributed by atoms with Crippen molar-refractivity contribution in [3.05, 3.63) is 65.7 Å². The van der Waals surface area contributed by atoms with Crippen LogP contribution in [-0.2, 0) is 5.54 Å². The third kappa shape index (κ3) is 3.26. The van der Waals surface area contributed by atoms with Crippen LogP contribution in [0, 0.1) is 6.92 Å². The largest absolute Gasteiger partial charge is 0.394 e. The molecule has 0 spiro atoms. The van der Waals surface area contributed by atoms with Crippen LogP contribution in [0.2, 0.25) is 0 Å². The molecule has 0 saturated carbocycles. The number of aliphatic hydroxyl groups is 1. The first-order chi connectivity index (χ1) is 10.1. The lowest BCUT2D eigenvalue weighted by atomic mass is 9.90. The lowest BCUT2D eigenvalue weighted by molar-refractivity contribution is 0.173. The van der Waals surface area contributed by atoms with Gasteiger partial charge in [0, 0.05) is 19.3 Å². The smallest absolute Gasteiger partial charge is 0.0844 e. The molecule has 1 atom stereocenters. The highest BCUT2D eigenvalue weighted by Gasteiger charge is 2.31. The maximum atomic E-state index is 10.0.